The maximum atomic E-state index is 11.3. The highest BCUT2D eigenvalue weighted by molar-refractivity contribution is 5.77. The van der Waals surface area contributed by atoms with Crippen LogP contribution in [0.1, 0.15) is 0 Å². The van der Waals surface area contributed by atoms with Crippen molar-refractivity contribution in [1.82, 2.24) is 15.5 Å². The molecule has 0 heterocycles. The van der Waals surface area contributed by atoms with E-state index < -0.39 is 24.6 Å². The molecule has 0 aromatic carbocycles. The zero-order valence-corrected chi connectivity index (χ0v) is 9.79. The molecule has 0 aliphatic rings. The number of hydrazine groups is 1. The maximum absolute atomic E-state index is 11.3. The van der Waals surface area contributed by atoms with Crippen molar-refractivity contribution in [1.29, 1.82) is 0 Å². The number of rotatable bonds is 7. The molecule has 3 N–H and O–H groups in total. The molecule has 8 heteroatoms. The molecule has 2 amide bonds. The van der Waals surface area contributed by atoms with Crippen molar-refractivity contribution in [2.75, 3.05) is 27.3 Å². The largest absolute Gasteiger partial charge is 0.464 e. The lowest BCUT2D eigenvalue weighted by atomic mass is 10.3. The van der Waals surface area contributed by atoms with Crippen LogP contribution in [0.3, 0.4) is 0 Å². The second kappa shape index (κ2) is 7.60. The molecule has 0 aromatic rings. The van der Waals surface area contributed by atoms with Crippen LogP contribution in [0.5, 0.6) is 0 Å². The Hall–Kier alpha value is -1.64. The van der Waals surface area contributed by atoms with E-state index in [9.17, 15) is 9.59 Å². The zero-order chi connectivity index (χ0) is 13.4. The van der Waals surface area contributed by atoms with Crippen molar-refractivity contribution in [2.45, 2.75) is 6.04 Å². The van der Waals surface area contributed by atoms with Crippen molar-refractivity contribution in [3.8, 4) is 0 Å². The van der Waals surface area contributed by atoms with Crippen LogP contribution in [0, 0.1) is 0 Å². The third-order valence-corrected chi connectivity index (χ3v) is 2.02. The average Bonchev–Trinajstić information content (AvgIpc) is 2.32. The van der Waals surface area contributed by atoms with E-state index in [1.807, 2.05) is 0 Å². The van der Waals surface area contributed by atoms with Crippen LogP contribution < -0.4 is 5.43 Å². The molecule has 8 nitrogen and oxygen atoms in total. The van der Waals surface area contributed by atoms with Gasteiger partial charge in [-0.3, -0.25) is 9.63 Å². The fourth-order valence-corrected chi connectivity index (χ4v) is 0.954. The highest BCUT2D eigenvalue weighted by atomic mass is 16.7. The average molecular weight is 247 g/mol. The van der Waals surface area contributed by atoms with Crippen LogP contribution >= 0.6 is 0 Å². The van der Waals surface area contributed by atoms with Gasteiger partial charge >= 0.3 is 6.09 Å². The number of hydrogen-bond acceptors (Lipinski definition) is 5. The maximum Gasteiger partial charge on any atom is 0.422 e. The van der Waals surface area contributed by atoms with Gasteiger partial charge in [0.15, 0.2) is 0 Å². The molecule has 0 fully saturated rings. The number of amides is 2. The van der Waals surface area contributed by atoms with Crippen LogP contribution in [0.4, 0.5) is 4.79 Å². The summed E-state index contributed by atoms with van der Waals surface area (Å²) < 4.78 is 0. The molecule has 1 atom stereocenters. The summed E-state index contributed by atoms with van der Waals surface area (Å²) in [4.78, 5) is 26.8. The summed E-state index contributed by atoms with van der Waals surface area (Å²) in [6.45, 7) is 2.68. The van der Waals surface area contributed by atoms with Crippen LogP contribution in [-0.2, 0) is 9.63 Å². The fourth-order valence-electron chi connectivity index (χ4n) is 0.954. The number of carbonyl (C=O) groups is 2. The summed E-state index contributed by atoms with van der Waals surface area (Å²) in [7, 11) is 2.71. The van der Waals surface area contributed by atoms with Gasteiger partial charge < -0.3 is 10.2 Å². The number of carboxylic acid groups (broad SMARTS) is 1. The first-order valence-electron chi connectivity index (χ1n) is 4.77. The number of nitrogens with zero attached hydrogens (tertiary/aromatic N) is 2. The van der Waals surface area contributed by atoms with Crippen LogP contribution in [0.2, 0.25) is 0 Å². The third kappa shape index (κ3) is 4.81. The smallest absolute Gasteiger partial charge is 0.422 e. The number of hydroxylamine groups is 2. The monoisotopic (exact) mass is 247 g/mol. The minimum Gasteiger partial charge on any atom is -0.464 e. The lowest BCUT2D eigenvalue weighted by Crippen LogP contribution is -2.52. The number of likely N-dealkylation sites (N-methyl/N-ethyl adjacent to an activating group) is 1. The molecular formula is C9H17N3O5. The number of aliphatic hydroxyl groups is 1. The van der Waals surface area contributed by atoms with Crippen molar-refractivity contribution in [3.63, 3.8) is 0 Å². The first kappa shape index (κ1) is 15.4. The number of nitrogens with one attached hydrogen (secondary N) is 1. The van der Waals surface area contributed by atoms with E-state index in [1.54, 1.807) is 0 Å². The molecule has 17 heavy (non-hydrogen) atoms. The Morgan fingerprint density at radius 1 is 1.59 bits per heavy atom. The van der Waals surface area contributed by atoms with E-state index in [1.165, 1.54) is 20.2 Å². The number of hydrogen-bond donors (Lipinski definition) is 3. The van der Waals surface area contributed by atoms with E-state index in [2.05, 4.69) is 16.8 Å². The van der Waals surface area contributed by atoms with Gasteiger partial charge in [0, 0.05) is 7.05 Å². The van der Waals surface area contributed by atoms with Crippen molar-refractivity contribution >= 4 is 12.0 Å². The second-order valence-electron chi connectivity index (χ2n) is 3.05. The van der Waals surface area contributed by atoms with E-state index in [-0.39, 0.29) is 6.54 Å². The molecule has 0 rings (SSSR count). The van der Waals surface area contributed by atoms with Gasteiger partial charge in [-0.05, 0) is 0 Å². The fraction of sp³-hybridized carbons (Fsp3) is 0.556. The van der Waals surface area contributed by atoms with Crippen molar-refractivity contribution in [2.24, 2.45) is 0 Å². The first-order chi connectivity index (χ1) is 7.97. The van der Waals surface area contributed by atoms with Crippen molar-refractivity contribution < 1.29 is 24.6 Å². The predicted molar refractivity (Wildman–Crippen MR) is 58.7 cm³/mol. The van der Waals surface area contributed by atoms with Gasteiger partial charge in [-0.15, -0.1) is 6.58 Å². The minimum atomic E-state index is -1.32. The van der Waals surface area contributed by atoms with E-state index in [4.69, 9.17) is 10.2 Å². The summed E-state index contributed by atoms with van der Waals surface area (Å²) in [5.74, 6) is -0.459. The number of carbonyl (C=O) groups excluding carboxylic acids is 1. The molecule has 0 bridgehead atoms. The Morgan fingerprint density at radius 2 is 2.18 bits per heavy atom. The summed E-state index contributed by atoms with van der Waals surface area (Å²) >= 11 is 0. The molecular weight excluding hydrogens is 230 g/mol. The van der Waals surface area contributed by atoms with Gasteiger partial charge in [0.2, 0.25) is 0 Å². The Morgan fingerprint density at radius 3 is 2.53 bits per heavy atom. The molecule has 98 valence electrons. The topological polar surface area (TPSA) is 102 Å². The molecule has 0 radical (unpaired) electrons. The van der Waals surface area contributed by atoms with E-state index in [0.29, 0.717) is 5.01 Å². The Kier molecular flexibility index (Phi) is 6.87. The molecule has 0 aromatic heterocycles. The van der Waals surface area contributed by atoms with Crippen LogP contribution in [0.15, 0.2) is 12.7 Å². The Bertz CT molecular complexity index is 284. The summed E-state index contributed by atoms with van der Waals surface area (Å²) in [5.41, 5.74) is 2.37. The number of aliphatic hydroxyl groups excluding tert-OH is 1. The van der Waals surface area contributed by atoms with Crippen LogP contribution in [0.25, 0.3) is 0 Å². The van der Waals surface area contributed by atoms with Gasteiger partial charge in [-0.2, -0.15) is 0 Å². The molecule has 0 unspecified atom stereocenters. The quantitative estimate of drug-likeness (QED) is 0.395. The molecule has 0 aliphatic carbocycles. The highest BCUT2D eigenvalue weighted by Gasteiger charge is 2.21. The van der Waals surface area contributed by atoms with E-state index in [0.717, 1.165) is 5.06 Å². The van der Waals surface area contributed by atoms with Gasteiger partial charge in [0.05, 0.1) is 26.3 Å². The molecule has 0 spiro atoms. The summed E-state index contributed by atoms with van der Waals surface area (Å²) in [6, 6.07) is -0.826. The molecule has 0 saturated carbocycles. The first-order valence-corrected chi connectivity index (χ1v) is 4.77. The standard InChI is InChI=1S/C9H17N3O5/c1-4-7(6-13)12(9(15)16)10-5-8(14)11(2)17-3/h4,7,10,13H,1,5-6H2,2-3H3,(H,15,16)/t7-/m0/s1. The SMILES string of the molecule is C=C[C@@H](CO)N(NCC(=O)N(C)OC)C(=O)O. The minimum absolute atomic E-state index is 0.277. The normalized spacial score (nSPS) is 11.7. The zero-order valence-electron chi connectivity index (χ0n) is 9.79. The highest BCUT2D eigenvalue weighted by Crippen LogP contribution is 1.97. The summed E-state index contributed by atoms with van der Waals surface area (Å²) in [6.07, 6.45) is -0.0668. The summed E-state index contributed by atoms with van der Waals surface area (Å²) in [5, 5.41) is 19.4. The van der Waals surface area contributed by atoms with Gasteiger partial charge in [0.1, 0.15) is 0 Å². The van der Waals surface area contributed by atoms with Crippen LogP contribution in [-0.4, -0.2) is 65.6 Å². The van der Waals surface area contributed by atoms with Gasteiger partial charge in [-0.1, -0.05) is 6.08 Å². The van der Waals surface area contributed by atoms with E-state index >= 15 is 0 Å². The Labute approximate surface area is 99.0 Å². The predicted octanol–water partition coefficient (Wildman–Crippen LogP) is -0.962. The lowest BCUT2D eigenvalue weighted by molar-refractivity contribution is -0.168. The second-order valence-corrected chi connectivity index (χ2v) is 3.05. The van der Waals surface area contributed by atoms with Gasteiger partial charge in [-0.25, -0.2) is 20.3 Å². The van der Waals surface area contributed by atoms with Gasteiger partial charge in [0.25, 0.3) is 5.91 Å². The Balaban J connectivity index is 4.42. The molecule has 0 aliphatic heterocycles. The van der Waals surface area contributed by atoms with Crippen molar-refractivity contribution in [3.05, 3.63) is 12.7 Å². The third-order valence-electron chi connectivity index (χ3n) is 2.02. The lowest BCUT2D eigenvalue weighted by Gasteiger charge is -2.26. The molecule has 0 saturated heterocycles.